The van der Waals surface area contributed by atoms with Crippen LogP contribution in [0.5, 0.6) is 0 Å². The van der Waals surface area contributed by atoms with Gasteiger partial charge in [0.2, 0.25) is 0 Å². The summed E-state index contributed by atoms with van der Waals surface area (Å²) in [5.41, 5.74) is 9.55. The Kier molecular flexibility index (Phi) is 8.25. The minimum atomic E-state index is -0.952. The summed E-state index contributed by atoms with van der Waals surface area (Å²) in [4.78, 5) is 25.4. The molecule has 0 aliphatic rings. The van der Waals surface area contributed by atoms with Crippen LogP contribution in [0.25, 0.3) is 33.2 Å². The molecule has 0 fully saturated rings. The van der Waals surface area contributed by atoms with Crippen molar-refractivity contribution < 1.29 is 19.1 Å². The summed E-state index contributed by atoms with van der Waals surface area (Å²) in [7, 11) is 0. The molecule has 5 aromatic carbocycles. The molecule has 0 radical (unpaired) electrons. The van der Waals surface area contributed by atoms with Gasteiger partial charge in [0.05, 0.1) is 5.92 Å². The smallest absolute Gasteiger partial charge is 0.307 e. The minimum absolute atomic E-state index is 0.0378. The van der Waals surface area contributed by atoms with Gasteiger partial charge in [0.1, 0.15) is 11.3 Å². The molecule has 0 saturated heterocycles. The predicted octanol–water partition coefficient (Wildman–Crippen LogP) is 9.49. The van der Waals surface area contributed by atoms with Gasteiger partial charge in [-0.05, 0) is 65.3 Å². The van der Waals surface area contributed by atoms with Crippen molar-refractivity contribution in [3.05, 3.63) is 155 Å². The Labute approximate surface area is 257 Å². The summed E-state index contributed by atoms with van der Waals surface area (Å²) >= 11 is 0. The fraction of sp³-hybridized carbons (Fsp3) is 0.150. The molecule has 4 nitrogen and oxygen atoms in total. The lowest BCUT2D eigenvalue weighted by atomic mass is 9.87. The van der Waals surface area contributed by atoms with Gasteiger partial charge in [-0.2, -0.15) is 0 Å². The summed E-state index contributed by atoms with van der Waals surface area (Å²) in [6, 6.07) is 40.5. The molecule has 0 saturated carbocycles. The average Bonchev–Trinajstić information content (AvgIpc) is 3.39. The molecule has 218 valence electrons. The van der Waals surface area contributed by atoms with E-state index in [1.165, 1.54) is 5.56 Å². The zero-order chi connectivity index (χ0) is 30.6. The number of Topliss-reactive ketones (excluding diaryl/α,β-unsaturated/α-hetero) is 1. The van der Waals surface area contributed by atoms with Crippen LogP contribution in [0.15, 0.2) is 126 Å². The lowest BCUT2D eigenvalue weighted by molar-refractivity contribution is -0.141. The Hall–Kier alpha value is -5.22. The Morgan fingerprint density at radius 3 is 1.89 bits per heavy atom. The first-order valence-corrected chi connectivity index (χ1v) is 14.9. The topological polar surface area (TPSA) is 67.5 Å². The van der Waals surface area contributed by atoms with Gasteiger partial charge < -0.3 is 9.52 Å². The number of benzene rings is 5. The van der Waals surface area contributed by atoms with Crippen LogP contribution >= 0.6 is 0 Å². The molecular formula is C40H34O4. The first-order chi connectivity index (χ1) is 21.4. The predicted molar refractivity (Wildman–Crippen MR) is 176 cm³/mol. The Balaban J connectivity index is 1.26. The molecule has 0 aliphatic carbocycles. The van der Waals surface area contributed by atoms with Crippen molar-refractivity contribution >= 4 is 22.7 Å². The maximum atomic E-state index is 13.4. The number of hydrogen-bond acceptors (Lipinski definition) is 3. The number of aryl methyl sites for hydroxylation is 2. The fourth-order valence-electron chi connectivity index (χ4n) is 6.19. The third kappa shape index (κ3) is 6.11. The van der Waals surface area contributed by atoms with E-state index in [1.54, 1.807) is 0 Å². The van der Waals surface area contributed by atoms with Gasteiger partial charge in [-0.3, -0.25) is 9.59 Å². The molecule has 1 atom stereocenters. The average molecular weight is 579 g/mol. The van der Waals surface area contributed by atoms with Crippen molar-refractivity contribution in [3.8, 4) is 22.3 Å². The summed E-state index contributed by atoms with van der Waals surface area (Å²) in [5, 5.41) is 10.9. The highest BCUT2D eigenvalue weighted by molar-refractivity contribution is 6.01. The Morgan fingerprint density at radius 2 is 1.25 bits per heavy atom. The van der Waals surface area contributed by atoms with Crippen LogP contribution in [-0.4, -0.2) is 16.9 Å². The monoisotopic (exact) mass is 578 g/mol. The molecule has 0 amide bonds. The lowest BCUT2D eigenvalue weighted by Gasteiger charge is -2.16. The first-order valence-electron chi connectivity index (χ1n) is 14.9. The van der Waals surface area contributed by atoms with Crippen molar-refractivity contribution in [2.75, 3.05) is 0 Å². The molecule has 0 aliphatic heterocycles. The van der Waals surface area contributed by atoms with E-state index >= 15 is 0 Å². The zero-order valence-corrected chi connectivity index (χ0v) is 24.9. The Morgan fingerprint density at radius 1 is 0.682 bits per heavy atom. The van der Waals surface area contributed by atoms with Crippen molar-refractivity contribution in [2.45, 2.75) is 33.1 Å². The van der Waals surface area contributed by atoms with E-state index < -0.39 is 11.9 Å². The second kappa shape index (κ2) is 12.6. The maximum absolute atomic E-state index is 13.4. The van der Waals surface area contributed by atoms with Gasteiger partial charge in [0.25, 0.3) is 0 Å². The Bertz CT molecular complexity index is 1910. The van der Waals surface area contributed by atoms with Crippen LogP contribution in [0.3, 0.4) is 0 Å². The quantitative estimate of drug-likeness (QED) is 0.164. The number of hydrogen-bond donors (Lipinski definition) is 1. The van der Waals surface area contributed by atoms with Gasteiger partial charge >= 0.3 is 5.97 Å². The van der Waals surface area contributed by atoms with E-state index in [4.69, 9.17) is 4.42 Å². The van der Waals surface area contributed by atoms with E-state index in [1.807, 2.05) is 92.7 Å². The molecule has 1 aromatic heterocycles. The third-order valence-corrected chi connectivity index (χ3v) is 8.30. The first kappa shape index (κ1) is 28.9. The normalized spacial score (nSPS) is 11.9. The minimum Gasteiger partial charge on any atom is -0.481 e. The van der Waals surface area contributed by atoms with Crippen molar-refractivity contribution in [1.82, 2.24) is 0 Å². The van der Waals surface area contributed by atoms with Gasteiger partial charge in [0, 0.05) is 29.4 Å². The molecule has 1 N–H and O–H groups in total. The van der Waals surface area contributed by atoms with Crippen LogP contribution < -0.4 is 0 Å². The number of fused-ring (bicyclic) bond motifs is 1. The molecule has 4 heteroatoms. The van der Waals surface area contributed by atoms with Crippen molar-refractivity contribution in [1.29, 1.82) is 0 Å². The summed E-state index contributed by atoms with van der Waals surface area (Å²) in [5.74, 6) is -0.928. The number of rotatable bonds is 10. The van der Waals surface area contributed by atoms with E-state index in [-0.39, 0.29) is 12.2 Å². The van der Waals surface area contributed by atoms with E-state index in [9.17, 15) is 14.7 Å². The van der Waals surface area contributed by atoms with Gasteiger partial charge in [-0.1, -0.05) is 115 Å². The highest BCUT2D eigenvalue weighted by Crippen LogP contribution is 2.37. The third-order valence-electron chi connectivity index (χ3n) is 8.30. The van der Waals surface area contributed by atoms with Crippen molar-refractivity contribution in [2.24, 2.45) is 5.92 Å². The van der Waals surface area contributed by atoms with Crippen LogP contribution in [0.2, 0.25) is 0 Å². The maximum Gasteiger partial charge on any atom is 0.307 e. The van der Waals surface area contributed by atoms with Crippen LogP contribution in [0, 0.1) is 19.8 Å². The second-order valence-electron chi connectivity index (χ2n) is 11.5. The number of aliphatic carboxylic acids is 1. The van der Waals surface area contributed by atoms with E-state index in [0.717, 1.165) is 55.7 Å². The molecular weight excluding hydrogens is 544 g/mol. The van der Waals surface area contributed by atoms with Gasteiger partial charge in [-0.25, -0.2) is 0 Å². The van der Waals surface area contributed by atoms with Crippen molar-refractivity contribution in [3.63, 3.8) is 0 Å². The molecule has 44 heavy (non-hydrogen) atoms. The molecule has 6 rings (SSSR count). The fourth-order valence-corrected chi connectivity index (χ4v) is 6.19. The number of ketones is 1. The van der Waals surface area contributed by atoms with E-state index in [2.05, 4.69) is 42.5 Å². The number of furan rings is 1. The number of carbonyl (C=O) groups is 2. The molecule has 0 bridgehead atoms. The number of para-hydroxylation sites is 1. The lowest BCUT2D eigenvalue weighted by Crippen LogP contribution is -2.21. The standard InChI is InChI=1S/C40H34O4/c1-26-21-32(22-27(2)38(26)35(41)25-33(40(42)43)23-28-11-5-3-6-12-28)30-17-19-31(20-18-30)39-34-15-9-10-16-36(34)44-37(39)24-29-13-7-4-8-14-29/h3-22,33H,23-25H2,1-2H3,(H,42,43). The zero-order valence-electron chi connectivity index (χ0n) is 24.9. The largest absolute Gasteiger partial charge is 0.481 e. The molecule has 0 spiro atoms. The van der Waals surface area contributed by atoms with Crippen LogP contribution in [0.4, 0.5) is 0 Å². The second-order valence-corrected chi connectivity index (χ2v) is 11.5. The highest BCUT2D eigenvalue weighted by Gasteiger charge is 2.25. The summed E-state index contributed by atoms with van der Waals surface area (Å²) < 4.78 is 6.35. The molecule has 1 unspecified atom stereocenters. The summed E-state index contributed by atoms with van der Waals surface area (Å²) in [6.45, 7) is 3.86. The molecule has 1 heterocycles. The summed E-state index contributed by atoms with van der Waals surface area (Å²) in [6.07, 6.45) is 0.988. The van der Waals surface area contributed by atoms with E-state index in [0.29, 0.717) is 18.4 Å². The molecule has 6 aromatic rings. The number of carboxylic acid groups (broad SMARTS) is 1. The highest BCUT2D eigenvalue weighted by atomic mass is 16.4. The SMILES string of the molecule is Cc1cc(-c2ccc(-c3c(Cc4ccccc4)oc4ccccc34)cc2)cc(C)c1C(=O)CC(Cc1ccccc1)C(=O)O. The number of carbonyl (C=O) groups excluding carboxylic acids is 1. The van der Waals surface area contributed by atoms with Gasteiger partial charge in [0.15, 0.2) is 5.78 Å². The number of carboxylic acids is 1. The van der Waals surface area contributed by atoms with Crippen LogP contribution in [0.1, 0.15) is 44.8 Å². The van der Waals surface area contributed by atoms with Crippen LogP contribution in [-0.2, 0) is 17.6 Å². The van der Waals surface area contributed by atoms with Gasteiger partial charge in [-0.15, -0.1) is 0 Å².